The minimum Gasteiger partial charge on any atom is -0.210 e. The molecule has 1 aliphatic heterocycles. The highest BCUT2D eigenvalue weighted by Gasteiger charge is 2.49. The fourth-order valence-corrected chi connectivity index (χ4v) is 6.07. The Balaban J connectivity index is 1.91. The number of nitrogens with zero attached hydrogens (tertiary/aromatic N) is 1. The molecule has 0 N–H and O–H groups in total. The maximum Gasteiger partial charge on any atom is 0.243 e. The minimum absolute atomic E-state index is 0.102. The van der Waals surface area contributed by atoms with E-state index in [-0.39, 0.29) is 16.7 Å². The first-order valence-electron chi connectivity index (χ1n) is 8.69. The van der Waals surface area contributed by atoms with Crippen molar-refractivity contribution in [3.05, 3.63) is 29.8 Å². The van der Waals surface area contributed by atoms with E-state index in [1.54, 1.807) is 24.3 Å². The second-order valence-electron chi connectivity index (χ2n) is 7.41. The Bertz CT molecular complexity index is 667. The molecule has 134 valence electrons. The first-order chi connectivity index (χ1) is 11.3. The summed E-state index contributed by atoms with van der Waals surface area (Å²) in [6.07, 6.45) is 2.92. The number of rotatable bonds is 4. The molecule has 1 saturated heterocycles. The number of benzene rings is 1. The van der Waals surface area contributed by atoms with Crippen molar-refractivity contribution in [1.29, 1.82) is 0 Å². The fourth-order valence-electron chi connectivity index (χ4n) is 4.32. The molecule has 1 aromatic rings. The second-order valence-corrected chi connectivity index (χ2v) is 9.30. The largest absolute Gasteiger partial charge is 0.243 e. The molecular weight excluding hydrogens is 332 g/mol. The summed E-state index contributed by atoms with van der Waals surface area (Å²) in [5, 5.41) is 0. The van der Waals surface area contributed by atoms with Crippen LogP contribution < -0.4 is 0 Å². The molecule has 1 aliphatic carbocycles. The lowest BCUT2D eigenvalue weighted by atomic mass is 9.72. The van der Waals surface area contributed by atoms with Gasteiger partial charge in [-0.25, -0.2) is 17.2 Å². The van der Waals surface area contributed by atoms with Crippen LogP contribution >= 0.6 is 0 Å². The summed E-state index contributed by atoms with van der Waals surface area (Å²) in [6.45, 7) is 2.28. The third-order valence-corrected chi connectivity index (χ3v) is 7.47. The average molecular weight is 357 g/mol. The van der Waals surface area contributed by atoms with Gasteiger partial charge in [-0.3, -0.25) is 0 Å². The van der Waals surface area contributed by atoms with Gasteiger partial charge in [0.25, 0.3) is 0 Å². The lowest BCUT2D eigenvalue weighted by Crippen LogP contribution is -2.37. The van der Waals surface area contributed by atoms with Gasteiger partial charge < -0.3 is 0 Å². The SMILES string of the molecule is Cc1ccc(S(=O)(=O)N2CC3(CCCCC3)CC2CC(F)F)cc1. The predicted octanol–water partition coefficient (Wildman–Crippen LogP) is 4.36. The van der Waals surface area contributed by atoms with Gasteiger partial charge in [0.05, 0.1) is 4.90 Å². The number of sulfonamides is 1. The highest BCUT2D eigenvalue weighted by Crippen LogP contribution is 2.48. The molecule has 1 aromatic carbocycles. The van der Waals surface area contributed by atoms with E-state index in [1.807, 2.05) is 6.92 Å². The van der Waals surface area contributed by atoms with Gasteiger partial charge >= 0.3 is 0 Å². The zero-order chi connectivity index (χ0) is 17.4. The molecule has 1 unspecified atom stereocenters. The summed E-state index contributed by atoms with van der Waals surface area (Å²) < 4.78 is 53.5. The van der Waals surface area contributed by atoms with Gasteiger partial charge in [0, 0.05) is 19.0 Å². The molecule has 0 amide bonds. The van der Waals surface area contributed by atoms with Crippen LogP contribution in [0.2, 0.25) is 0 Å². The molecular formula is C18H25F2NO2S. The van der Waals surface area contributed by atoms with E-state index >= 15 is 0 Å². The lowest BCUT2D eigenvalue weighted by molar-refractivity contribution is 0.112. The van der Waals surface area contributed by atoms with Crippen molar-refractivity contribution in [2.45, 2.75) is 69.2 Å². The molecule has 24 heavy (non-hydrogen) atoms. The Morgan fingerprint density at radius 3 is 2.38 bits per heavy atom. The van der Waals surface area contributed by atoms with Gasteiger partial charge in [-0.2, -0.15) is 4.31 Å². The third kappa shape index (κ3) is 3.49. The standard InChI is InChI=1S/C18H25F2NO2S/c1-14-5-7-16(8-6-14)24(22,23)21-13-18(9-3-2-4-10-18)12-15(21)11-17(19)20/h5-8,15,17H,2-4,9-13H2,1H3. The smallest absolute Gasteiger partial charge is 0.210 e. The van der Waals surface area contributed by atoms with Crippen molar-refractivity contribution < 1.29 is 17.2 Å². The van der Waals surface area contributed by atoms with E-state index in [2.05, 4.69) is 0 Å². The molecule has 0 bridgehead atoms. The van der Waals surface area contributed by atoms with Crippen molar-refractivity contribution in [2.75, 3.05) is 6.54 Å². The van der Waals surface area contributed by atoms with Crippen molar-refractivity contribution in [3.8, 4) is 0 Å². The van der Waals surface area contributed by atoms with E-state index in [1.165, 1.54) is 4.31 Å². The highest BCUT2D eigenvalue weighted by atomic mass is 32.2. The summed E-state index contributed by atoms with van der Waals surface area (Å²) in [7, 11) is -3.73. The van der Waals surface area contributed by atoms with Crippen LogP contribution in [0.3, 0.4) is 0 Å². The van der Waals surface area contributed by atoms with Gasteiger partial charge in [-0.05, 0) is 43.7 Å². The number of hydrogen-bond donors (Lipinski definition) is 0. The van der Waals surface area contributed by atoms with Crippen LogP contribution in [-0.4, -0.2) is 31.7 Å². The van der Waals surface area contributed by atoms with Crippen LogP contribution in [0, 0.1) is 12.3 Å². The van der Waals surface area contributed by atoms with Crippen LogP contribution in [-0.2, 0) is 10.0 Å². The molecule has 3 nitrogen and oxygen atoms in total. The van der Waals surface area contributed by atoms with Crippen LogP contribution in [0.4, 0.5) is 8.78 Å². The molecule has 3 rings (SSSR count). The molecule has 0 aromatic heterocycles. The molecule has 2 aliphatic rings. The van der Waals surface area contributed by atoms with E-state index < -0.39 is 22.5 Å². The first kappa shape index (κ1) is 17.8. The summed E-state index contributed by atoms with van der Waals surface area (Å²) in [6, 6.07) is 6.07. The van der Waals surface area contributed by atoms with E-state index in [9.17, 15) is 17.2 Å². The topological polar surface area (TPSA) is 37.4 Å². The number of alkyl halides is 2. The predicted molar refractivity (Wildman–Crippen MR) is 89.6 cm³/mol. The van der Waals surface area contributed by atoms with Gasteiger partial charge in [-0.1, -0.05) is 37.0 Å². The maximum absolute atomic E-state index is 13.0. The molecule has 1 saturated carbocycles. The molecule has 1 spiro atoms. The molecule has 0 radical (unpaired) electrons. The fraction of sp³-hybridized carbons (Fsp3) is 0.667. The first-order valence-corrected chi connectivity index (χ1v) is 10.1. The summed E-state index contributed by atoms with van der Waals surface area (Å²) >= 11 is 0. The normalized spacial score (nSPS) is 24.8. The minimum atomic E-state index is -3.73. The monoisotopic (exact) mass is 357 g/mol. The van der Waals surface area contributed by atoms with Gasteiger partial charge in [0.1, 0.15) is 0 Å². The number of halogens is 2. The van der Waals surface area contributed by atoms with Gasteiger partial charge in [0.2, 0.25) is 16.4 Å². The van der Waals surface area contributed by atoms with Crippen LogP contribution in [0.25, 0.3) is 0 Å². The Labute approximate surface area is 143 Å². The number of aryl methyl sites for hydroxylation is 1. The quantitative estimate of drug-likeness (QED) is 0.803. The van der Waals surface area contributed by atoms with Crippen molar-refractivity contribution in [1.82, 2.24) is 4.31 Å². The maximum atomic E-state index is 13.0. The van der Waals surface area contributed by atoms with Crippen LogP contribution in [0.5, 0.6) is 0 Å². The zero-order valence-electron chi connectivity index (χ0n) is 14.0. The van der Waals surface area contributed by atoms with Crippen molar-refractivity contribution in [2.24, 2.45) is 5.41 Å². The average Bonchev–Trinajstić information content (AvgIpc) is 2.86. The Hall–Kier alpha value is -1.01. The lowest BCUT2D eigenvalue weighted by Gasteiger charge is -2.33. The Morgan fingerprint density at radius 2 is 1.79 bits per heavy atom. The molecule has 1 atom stereocenters. The van der Waals surface area contributed by atoms with E-state index in [0.29, 0.717) is 13.0 Å². The van der Waals surface area contributed by atoms with Gasteiger partial charge in [-0.15, -0.1) is 0 Å². The molecule has 2 fully saturated rings. The van der Waals surface area contributed by atoms with Crippen molar-refractivity contribution >= 4 is 10.0 Å². The van der Waals surface area contributed by atoms with Crippen LogP contribution in [0.15, 0.2) is 29.2 Å². The third-order valence-electron chi connectivity index (χ3n) is 5.56. The Morgan fingerprint density at radius 1 is 1.17 bits per heavy atom. The molecule has 1 heterocycles. The number of hydrogen-bond acceptors (Lipinski definition) is 2. The Kier molecular flexibility index (Phi) is 4.98. The van der Waals surface area contributed by atoms with E-state index in [0.717, 1.165) is 37.7 Å². The van der Waals surface area contributed by atoms with Crippen LogP contribution in [0.1, 0.15) is 50.5 Å². The summed E-state index contributed by atoms with van der Waals surface area (Å²) in [5.41, 5.74) is 0.874. The summed E-state index contributed by atoms with van der Waals surface area (Å²) in [5.74, 6) is 0. The second kappa shape index (κ2) is 6.71. The highest BCUT2D eigenvalue weighted by molar-refractivity contribution is 7.89. The molecule has 6 heteroatoms. The van der Waals surface area contributed by atoms with E-state index in [4.69, 9.17) is 0 Å². The zero-order valence-corrected chi connectivity index (χ0v) is 14.9. The van der Waals surface area contributed by atoms with Gasteiger partial charge in [0.15, 0.2) is 0 Å². The van der Waals surface area contributed by atoms with Crippen molar-refractivity contribution in [3.63, 3.8) is 0 Å². The summed E-state index contributed by atoms with van der Waals surface area (Å²) in [4.78, 5) is 0.209.